The van der Waals surface area contributed by atoms with Gasteiger partial charge in [-0.05, 0) is 53.1 Å². The van der Waals surface area contributed by atoms with Gasteiger partial charge in [-0.25, -0.2) is 8.42 Å². The van der Waals surface area contributed by atoms with Crippen molar-refractivity contribution in [2.45, 2.75) is 44.6 Å². The van der Waals surface area contributed by atoms with Gasteiger partial charge in [0.25, 0.3) is 0 Å². The van der Waals surface area contributed by atoms with Crippen molar-refractivity contribution >= 4 is 33.0 Å². The summed E-state index contributed by atoms with van der Waals surface area (Å²) in [5, 5.41) is 4.62. The largest absolute Gasteiger partial charge is 0.326 e. The molecule has 5 nitrogen and oxygen atoms in total. The summed E-state index contributed by atoms with van der Waals surface area (Å²) >= 11 is 1.50. The number of hydrogen-bond donors (Lipinski definition) is 2. The number of nitrogens with one attached hydrogen (secondary N) is 2. The van der Waals surface area contributed by atoms with Crippen molar-refractivity contribution in [2.75, 3.05) is 5.32 Å². The van der Waals surface area contributed by atoms with Gasteiger partial charge in [-0.3, -0.25) is 4.79 Å². The zero-order valence-corrected chi connectivity index (χ0v) is 19.1. The van der Waals surface area contributed by atoms with Crippen molar-refractivity contribution in [3.8, 4) is 0 Å². The van der Waals surface area contributed by atoms with Crippen LogP contribution in [-0.2, 0) is 14.8 Å². The number of hydrogen-bond acceptors (Lipinski definition) is 4. The average Bonchev–Trinajstić information content (AvgIpc) is 3.22. The number of rotatable bonds is 7. The SMILES string of the molecule is CC(=O)Nc1cc(S(=O)(=O)NC(c2ccc(C(C)C)cc2)c2cccs2)ccc1C. The van der Waals surface area contributed by atoms with Crippen molar-refractivity contribution in [1.82, 2.24) is 4.72 Å². The Balaban J connectivity index is 1.97. The summed E-state index contributed by atoms with van der Waals surface area (Å²) in [5.41, 5.74) is 3.35. The van der Waals surface area contributed by atoms with E-state index in [4.69, 9.17) is 0 Å². The second kappa shape index (κ2) is 9.12. The third-order valence-electron chi connectivity index (χ3n) is 4.87. The molecular weight excluding hydrogens is 416 g/mol. The minimum absolute atomic E-state index is 0.109. The van der Waals surface area contributed by atoms with Crippen LogP contribution in [0, 0.1) is 6.92 Å². The van der Waals surface area contributed by atoms with Crippen LogP contribution in [0.25, 0.3) is 0 Å². The molecule has 158 valence electrons. The highest BCUT2D eigenvalue weighted by molar-refractivity contribution is 7.89. The fraction of sp³-hybridized carbons (Fsp3) is 0.261. The molecule has 3 aromatic rings. The Kier molecular flexibility index (Phi) is 6.75. The highest BCUT2D eigenvalue weighted by atomic mass is 32.2. The van der Waals surface area contributed by atoms with Crippen LogP contribution in [0.3, 0.4) is 0 Å². The van der Waals surface area contributed by atoms with Gasteiger partial charge >= 0.3 is 0 Å². The number of aryl methyl sites for hydroxylation is 1. The smallest absolute Gasteiger partial charge is 0.241 e. The van der Waals surface area contributed by atoms with Crippen molar-refractivity contribution in [2.24, 2.45) is 0 Å². The molecular formula is C23H26N2O3S2. The number of thiophene rings is 1. The average molecular weight is 443 g/mol. The molecule has 0 aliphatic rings. The summed E-state index contributed by atoms with van der Waals surface area (Å²) in [5.74, 6) is 0.151. The molecule has 0 aliphatic carbocycles. The lowest BCUT2D eigenvalue weighted by molar-refractivity contribution is -0.114. The quantitative estimate of drug-likeness (QED) is 0.528. The van der Waals surface area contributed by atoms with E-state index in [2.05, 4.69) is 23.9 Å². The number of carbonyl (C=O) groups is 1. The topological polar surface area (TPSA) is 75.3 Å². The van der Waals surface area contributed by atoms with Gasteiger partial charge in [-0.1, -0.05) is 50.2 Å². The molecule has 30 heavy (non-hydrogen) atoms. The molecule has 0 bridgehead atoms. The lowest BCUT2D eigenvalue weighted by Crippen LogP contribution is -2.29. The minimum Gasteiger partial charge on any atom is -0.326 e. The molecule has 0 fully saturated rings. The number of sulfonamides is 1. The lowest BCUT2D eigenvalue weighted by atomic mass is 9.99. The third kappa shape index (κ3) is 5.16. The van der Waals surface area contributed by atoms with Crippen LogP contribution in [0.1, 0.15) is 54.3 Å². The predicted molar refractivity (Wildman–Crippen MR) is 122 cm³/mol. The molecule has 1 amide bonds. The van der Waals surface area contributed by atoms with Gasteiger partial charge in [0.1, 0.15) is 0 Å². The maximum Gasteiger partial charge on any atom is 0.241 e. The van der Waals surface area contributed by atoms with Gasteiger partial charge in [0, 0.05) is 17.5 Å². The molecule has 1 atom stereocenters. The highest BCUT2D eigenvalue weighted by Gasteiger charge is 2.24. The second-order valence-electron chi connectivity index (χ2n) is 7.55. The standard InChI is InChI=1S/C23H26N2O3S2/c1-15(2)18-8-10-19(11-9-18)23(22-6-5-13-29-22)25-30(27,28)20-12-7-16(3)21(14-20)24-17(4)26/h5-15,23,25H,1-4H3,(H,24,26). The fourth-order valence-corrected chi connectivity index (χ4v) is 5.24. The van der Waals surface area contributed by atoms with Gasteiger partial charge in [-0.15, -0.1) is 11.3 Å². The van der Waals surface area contributed by atoms with Crippen molar-refractivity contribution < 1.29 is 13.2 Å². The Morgan fingerprint density at radius 1 is 1.00 bits per heavy atom. The van der Waals surface area contributed by atoms with Gasteiger partial charge in [-0.2, -0.15) is 4.72 Å². The maximum atomic E-state index is 13.2. The first-order valence-corrected chi connectivity index (χ1v) is 12.1. The Morgan fingerprint density at radius 2 is 1.67 bits per heavy atom. The Bertz CT molecular complexity index is 1120. The molecule has 0 aliphatic heterocycles. The van der Waals surface area contributed by atoms with Crippen LogP contribution in [-0.4, -0.2) is 14.3 Å². The maximum absolute atomic E-state index is 13.2. The molecule has 0 saturated carbocycles. The summed E-state index contributed by atoms with van der Waals surface area (Å²) in [6.45, 7) is 7.46. The Hall–Kier alpha value is -2.48. The van der Waals surface area contributed by atoms with Crippen LogP contribution < -0.4 is 10.0 Å². The van der Waals surface area contributed by atoms with E-state index in [1.807, 2.05) is 48.7 Å². The predicted octanol–water partition coefficient (Wildman–Crippen LogP) is 5.21. The molecule has 1 aromatic heterocycles. The molecule has 1 heterocycles. The number of carbonyl (C=O) groups excluding carboxylic acids is 1. The van der Waals surface area contributed by atoms with E-state index < -0.39 is 16.1 Å². The lowest BCUT2D eigenvalue weighted by Gasteiger charge is -2.20. The first-order valence-electron chi connectivity index (χ1n) is 9.71. The fourth-order valence-electron chi connectivity index (χ4n) is 3.14. The summed E-state index contributed by atoms with van der Waals surface area (Å²) in [7, 11) is -3.83. The monoisotopic (exact) mass is 442 g/mol. The van der Waals surface area contributed by atoms with Crippen molar-refractivity contribution in [3.63, 3.8) is 0 Å². The van der Waals surface area contributed by atoms with Gasteiger partial charge in [0.15, 0.2) is 0 Å². The molecule has 0 saturated heterocycles. The molecule has 2 aromatic carbocycles. The van der Waals surface area contributed by atoms with Crippen LogP contribution in [0.2, 0.25) is 0 Å². The molecule has 2 N–H and O–H groups in total. The van der Waals surface area contributed by atoms with Crippen LogP contribution in [0.5, 0.6) is 0 Å². The number of benzene rings is 2. The third-order valence-corrected chi connectivity index (χ3v) is 7.22. The van der Waals surface area contributed by atoms with Gasteiger partial charge < -0.3 is 5.32 Å². The first-order chi connectivity index (χ1) is 14.2. The zero-order chi connectivity index (χ0) is 21.9. The van der Waals surface area contributed by atoms with Crippen molar-refractivity contribution in [3.05, 3.63) is 81.5 Å². The zero-order valence-electron chi connectivity index (χ0n) is 17.5. The van der Waals surface area contributed by atoms with E-state index >= 15 is 0 Å². The molecule has 3 rings (SSSR count). The van der Waals surface area contributed by atoms with E-state index in [0.717, 1.165) is 16.0 Å². The van der Waals surface area contributed by atoms with Crippen LogP contribution in [0.15, 0.2) is 64.9 Å². The van der Waals surface area contributed by atoms with Crippen molar-refractivity contribution in [1.29, 1.82) is 0 Å². The summed E-state index contributed by atoms with van der Waals surface area (Å²) < 4.78 is 29.3. The summed E-state index contributed by atoms with van der Waals surface area (Å²) in [6.07, 6.45) is 0. The Labute approximate surface area is 182 Å². The van der Waals surface area contributed by atoms with E-state index in [9.17, 15) is 13.2 Å². The summed E-state index contributed by atoms with van der Waals surface area (Å²) in [4.78, 5) is 12.5. The number of amides is 1. The first kappa shape index (κ1) is 22.2. The summed E-state index contributed by atoms with van der Waals surface area (Å²) in [6, 6.07) is 16.1. The normalized spacial score (nSPS) is 12.7. The van der Waals surface area contributed by atoms with Crippen LogP contribution >= 0.6 is 11.3 Å². The van der Waals surface area contributed by atoms with Crippen LogP contribution in [0.4, 0.5) is 5.69 Å². The molecule has 0 spiro atoms. The highest BCUT2D eigenvalue weighted by Crippen LogP contribution is 2.30. The molecule has 7 heteroatoms. The van der Waals surface area contributed by atoms with E-state index in [1.165, 1.54) is 29.9 Å². The minimum atomic E-state index is -3.83. The van der Waals surface area contributed by atoms with Gasteiger partial charge in [0.05, 0.1) is 10.9 Å². The second-order valence-corrected chi connectivity index (χ2v) is 10.2. The molecule has 1 unspecified atom stereocenters. The molecule has 0 radical (unpaired) electrons. The number of anilines is 1. The van der Waals surface area contributed by atoms with Gasteiger partial charge in [0.2, 0.25) is 15.9 Å². The van der Waals surface area contributed by atoms with E-state index in [1.54, 1.807) is 12.1 Å². The van der Waals surface area contributed by atoms with E-state index in [0.29, 0.717) is 11.6 Å². The Morgan fingerprint density at radius 3 is 2.23 bits per heavy atom. The van der Waals surface area contributed by atoms with E-state index in [-0.39, 0.29) is 10.8 Å².